The van der Waals surface area contributed by atoms with Crippen LogP contribution in [-0.2, 0) is 5.41 Å². The highest BCUT2D eigenvalue weighted by atomic mass is 14.9. The molecule has 1 rings (SSSR count). The molecule has 3 heteroatoms. The molecule has 0 saturated heterocycles. The lowest BCUT2D eigenvalue weighted by atomic mass is 9.91. The van der Waals surface area contributed by atoms with E-state index in [1.807, 2.05) is 6.07 Å². The Bertz CT molecular complexity index is 439. The largest absolute Gasteiger partial charge is 0.260 e. The third-order valence-corrected chi connectivity index (χ3v) is 2.58. The van der Waals surface area contributed by atoms with Crippen molar-refractivity contribution in [2.24, 2.45) is 10.9 Å². The quantitative estimate of drug-likeness (QED) is 0.758. The van der Waals surface area contributed by atoms with E-state index in [0.717, 1.165) is 23.5 Å². The van der Waals surface area contributed by atoms with Gasteiger partial charge in [0, 0.05) is 17.3 Å². The Morgan fingerprint density at radius 1 is 1.39 bits per heavy atom. The van der Waals surface area contributed by atoms with Crippen molar-refractivity contribution in [2.75, 3.05) is 0 Å². The van der Waals surface area contributed by atoms with Gasteiger partial charge >= 0.3 is 0 Å². The van der Waals surface area contributed by atoms with Gasteiger partial charge in [-0.3, -0.25) is 4.99 Å². The molecule has 0 bridgehead atoms. The lowest BCUT2D eigenvalue weighted by Gasteiger charge is -2.18. The summed E-state index contributed by atoms with van der Waals surface area (Å²) in [4.78, 5) is 13.0. The molecule has 0 aromatic carbocycles. The van der Waals surface area contributed by atoms with Crippen LogP contribution in [0.3, 0.4) is 0 Å². The molecule has 0 saturated carbocycles. The highest BCUT2D eigenvalue weighted by Crippen LogP contribution is 2.20. The van der Waals surface area contributed by atoms with E-state index in [1.54, 1.807) is 12.5 Å². The number of hydrogen-bond acceptors (Lipinski definition) is 3. The van der Waals surface area contributed by atoms with Crippen LogP contribution in [0.4, 0.5) is 0 Å². The van der Waals surface area contributed by atoms with E-state index in [9.17, 15) is 0 Å². The number of rotatable bonds is 4. The van der Waals surface area contributed by atoms with Gasteiger partial charge in [0.25, 0.3) is 0 Å². The monoisotopic (exact) mass is 245 g/mol. The van der Waals surface area contributed by atoms with Crippen molar-refractivity contribution in [3.05, 3.63) is 36.6 Å². The van der Waals surface area contributed by atoms with Gasteiger partial charge in [0.2, 0.25) is 0 Å². The normalized spacial score (nSPS) is 12.9. The van der Waals surface area contributed by atoms with Crippen LogP contribution in [0.15, 0.2) is 30.2 Å². The summed E-state index contributed by atoms with van der Waals surface area (Å²) in [7, 11) is 0. The van der Waals surface area contributed by atoms with E-state index in [4.69, 9.17) is 0 Å². The Labute approximate surface area is 110 Å². The van der Waals surface area contributed by atoms with E-state index >= 15 is 0 Å². The van der Waals surface area contributed by atoms with Gasteiger partial charge in [-0.2, -0.15) is 0 Å². The molecule has 1 aromatic rings. The van der Waals surface area contributed by atoms with E-state index < -0.39 is 0 Å². The smallest absolute Gasteiger partial charge is 0.116 e. The first kappa shape index (κ1) is 14.6. The fourth-order valence-corrected chi connectivity index (χ4v) is 1.65. The zero-order valence-corrected chi connectivity index (χ0v) is 12.1. The van der Waals surface area contributed by atoms with Crippen LogP contribution < -0.4 is 0 Å². The van der Waals surface area contributed by atoms with Gasteiger partial charge in [-0.05, 0) is 18.4 Å². The fraction of sp³-hybridized carbons (Fsp3) is 0.533. The Morgan fingerprint density at radius 2 is 2.06 bits per heavy atom. The van der Waals surface area contributed by atoms with Gasteiger partial charge in [0.15, 0.2) is 0 Å². The summed E-state index contributed by atoms with van der Waals surface area (Å²) >= 11 is 0. The second kappa shape index (κ2) is 5.89. The standard InChI is InChI=1S/C15H23N3/c1-7-16-12(8-11(2)3)13-9-14(15(4,5)6)18-10-17-13/h7,9-11H,1,8H2,2-6H3. The molecule has 18 heavy (non-hydrogen) atoms. The molecule has 98 valence electrons. The highest BCUT2D eigenvalue weighted by molar-refractivity contribution is 5.99. The molecule has 0 fully saturated rings. The summed E-state index contributed by atoms with van der Waals surface area (Å²) in [6.07, 6.45) is 4.10. The van der Waals surface area contributed by atoms with E-state index in [-0.39, 0.29) is 5.41 Å². The molecule has 0 atom stereocenters. The predicted octanol–water partition coefficient (Wildman–Crippen LogP) is 3.75. The Hall–Kier alpha value is -1.51. The summed E-state index contributed by atoms with van der Waals surface area (Å²) in [6, 6.07) is 2.03. The molecule has 3 nitrogen and oxygen atoms in total. The molecule has 0 N–H and O–H groups in total. The van der Waals surface area contributed by atoms with Gasteiger partial charge in [-0.15, -0.1) is 0 Å². The maximum Gasteiger partial charge on any atom is 0.116 e. The third-order valence-electron chi connectivity index (χ3n) is 2.58. The van der Waals surface area contributed by atoms with Crippen LogP contribution in [0.2, 0.25) is 0 Å². The SMILES string of the molecule is C=CN=C(CC(C)C)c1cc(C(C)(C)C)ncn1. The number of hydrogen-bond donors (Lipinski definition) is 0. The molecule has 1 heterocycles. The van der Waals surface area contributed by atoms with Crippen molar-refractivity contribution in [2.45, 2.75) is 46.5 Å². The third kappa shape index (κ3) is 4.06. The van der Waals surface area contributed by atoms with Crippen LogP contribution in [0.5, 0.6) is 0 Å². The van der Waals surface area contributed by atoms with Crippen LogP contribution in [0.1, 0.15) is 52.4 Å². The van der Waals surface area contributed by atoms with Gasteiger partial charge in [0.05, 0.1) is 11.4 Å². The van der Waals surface area contributed by atoms with Crippen LogP contribution >= 0.6 is 0 Å². The molecular weight excluding hydrogens is 222 g/mol. The van der Waals surface area contributed by atoms with Crippen LogP contribution in [0.25, 0.3) is 0 Å². The molecule has 0 aliphatic heterocycles. The van der Waals surface area contributed by atoms with Crippen molar-refractivity contribution >= 4 is 5.71 Å². The lowest BCUT2D eigenvalue weighted by molar-refractivity contribution is 0.566. The van der Waals surface area contributed by atoms with E-state index in [0.29, 0.717) is 5.92 Å². The summed E-state index contributed by atoms with van der Waals surface area (Å²) in [5.41, 5.74) is 2.94. The highest BCUT2D eigenvalue weighted by Gasteiger charge is 2.17. The van der Waals surface area contributed by atoms with Crippen LogP contribution in [0, 0.1) is 5.92 Å². The predicted molar refractivity (Wildman–Crippen MR) is 76.9 cm³/mol. The first-order chi connectivity index (χ1) is 8.34. The molecule has 0 spiro atoms. The van der Waals surface area contributed by atoms with Gasteiger partial charge in [0.1, 0.15) is 6.33 Å². The first-order valence-electron chi connectivity index (χ1n) is 6.35. The second-order valence-corrected chi connectivity index (χ2v) is 5.89. The van der Waals surface area contributed by atoms with E-state index in [2.05, 4.69) is 56.2 Å². The minimum Gasteiger partial charge on any atom is -0.260 e. The number of aliphatic imine (C=N–C) groups is 1. The molecule has 1 aromatic heterocycles. The molecule has 0 aliphatic carbocycles. The Balaban J connectivity index is 3.14. The summed E-state index contributed by atoms with van der Waals surface area (Å²) in [5.74, 6) is 0.539. The van der Waals surface area contributed by atoms with Crippen LogP contribution in [-0.4, -0.2) is 15.7 Å². The molecule has 0 unspecified atom stereocenters. The van der Waals surface area contributed by atoms with Crippen molar-refractivity contribution in [3.8, 4) is 0 Å². The van der Waals surface area contributed by atoms with Crippen molar-refractivity contribution in [3.63, 3.8) is 0 Å². The zero-order valence-electron chi connectivity index (χ0n) is 12.1. The Kier molecular flexibility index (Phi) is 4.76. The summed E-state index contributed by atoms with van der Waals surface area (Å²) < 4.78 is 0. The lowest BCUT2D eigenvalue weighted by Crippen LogP contribution is -2.16. The average molecular weight is 245 g/mol. The number of nitrogens with zero attached hydrogens (tertiary/aromatic N) is 3. The van der Waals surface area contributed by atoms with Gasteiger partial charge in [-0.1, -0.05) is 41.2 Å². The van der Waals surface area contributed by atoms with Crippen molar-refractivity contribution in [1.82, 2.24) is 9.97 Å². The summed E-state index contributed by atoms with van der Waals surface area (Å²) in [5, 5.41) is 0. The van der Waals surface area contributed by atoms with E-state index in [1.165, 1.54) is 0 Å². The number of aromatic nitrogens is 2. The molecular formula is C15H23N3. The minimum absolute atomic E-state index is 0.0226. The summed E-state index contributed by atoms with van der Waals surface area (Å²) in [6.45, 7) is 14.4. The maximum atomic E-state index is 4.35. The average Bonchev–Trinajstić information content (AvgIpc) is 2.27. The maximum absolute atomic E-state index is 4.35. The molecule has 0 aliphatic rings. The van der Waals surface area contributed by atoms with Crippen molar-refractivity contribution < 1.29 is 0 Å². The zero-order chi connectivity index (χ0) is 13.8. The second-order valence-electron chi connectivity index (χ2n) is 5.89. The molecule has 0 radical (unpaired) electrons. The fourth-order valence-electron chi connectivity index (χ4n) is 1.65. The first-order valence-corrected chi connectivity index (χ1v) is 6.35. The van der Waals surface area contributed by atoms with Gasteiger partial charge in [-0.25, -0.2) is 9.97 Å². The topological polar surface area (TPSA) is 38.1 Å². The van der Waals surface area contributed by atoms with Gasteiger partial charge < -0.3 is 0 Å². The van der Waals surface area contributed by atoms with Crippen molar-refractivity contribution in [1.29, 1.82) is 0 Å². The Morgan fingerprint density at radius 3 is 2.56 bits per heavy atom. The minimum atomic E-state index is 0.0226. The molecule has 0 amide bonds.